The van der Waals surface area contributed by atoms with Crippen LogP contribution in [0.1, 0.15) is 16.8 Å². The summed E-state index contributed by atoms with van der Waals surface area (Å²) < 4.78 is 11.4. The predicted molar refractivity (Wildman–Crippen MR) is 102 cm³/mol. The fourth-order valence-corrected chi connectivity index (χ4v) is 3.34. The number of nitrogens with zero attached hydrogens (tertiary/aromatic N) is 1. The molecular weight excluding hydrogens is 400 g/mol. The topological polar surface area (TPSA) is 67.9 Å². The second-order valence-corrected chi connectivity index (χ2v) is 6.84. The first-order valence-corrected chi connectivity index (χ1v) is 8.90. The number of nitrogens with one attached hydrogen (secondary N) is 1. The number of benzene rings is 2. The first-order chi connectivity index (χ1) is 12.5. The minimum atomic E-state index is -0.248. The maximum Gasteiger partial charge on any atom is 0.251 e. The predicted octanol–water partition coefficient (Wildman–Crippen LogP) is 3.00. The fourth-order valence-electron chi connectivity index (χ4n) is 2.95. The summed E-state index contributed by atoms with van der Waals surface area (Å²) in [5, 5.41) is 2.93. The van der Waals surface area contributed by atoms with Gasteiger partial charge in [0, 0.05) is 34.8 Å². The van der Waals surface area contributed by atoms with E-state index < -0.39 is 0 Å². The molecule has 6 nitrogen and oxygen atoms in total. The van der Waals surface area contributed by atoms with Crippen molar-refractivity contribution in [2.75, 3.05) is 25.7 Å². The third-order valence-corrected chi connectivity index (χ3v) is 4.72. The molecule has 26 heavy (non-hydrogen) atoms. The number of anilines is 1. The van der Waals surface area contributed by atoms with Crippen molar-refractivity contribution in [3.8, 4) is 11.5 Å². The Balaban J connectivity index is 1.72. The number of amides is 2. The summed E-state index contributed by atoms with van der Waals surface area (Å²) in [7, 11) is 3.11. The lowest BCUT2D eigenvalue weighted by Gasteiger charge is -2.19. The van der Waals surface area contributed by atoms with Gasteiger partial charge >= 0.3 is 0 Å². The highest BCUT2D eigenvalue weighted by molar-refractivity contribution is 9.10. The molecule has 1 heterocycles. The second kappa shape index (κ2) is 7.78. The average Bonchev–Trinajstić information content (AvgIpc) is 3.01. The lowest BCUT2D eigenvalue weighted by Crippen LogP contribution is -2.37. The number of ether oxygens (including phenoxy) is 2. The second-order valence-electron chi connectivity index (χ2n) is 5.93. The molecule has 3 rings (SSSR count). The van der Waals surface area contributed by atoms with Gasteiger partial charge in [-0.1, -0.05) is 22.0 Å². The monoisotopic (exact) mass is 418 g/mol. The lowest BCUT2D eigenvalue weighted by molar-refractivity contribution is -0.117. The summed E-state index contributed by atoms with van der Waals surface area (Å²) in [6, 6.07) is 12.2. The van der Waals surface area contributed by atoms with Crippen molar-refractivity contribution >= 4 is 33.4 Å². The van der Waals surface area contributed by atoms with Gasteiger partial charge in [0.2, 0.25) is 5.91 Å². The molecule has 1 fully saturated rings. The molecule has 7 heteroatoms. The largest absolute Gasteiger partial charge is 0.493 e. The van der Waals surface area contributed by atoms with Crippen LogP contribution < -0.4 is 19.7 Å². The van der Waals surface area contributed by atoms with Gasteiger partial charge in [0.25, 0.3) is 5.91 Å². The Hall–Kier alpha value is -2.54. The third kappa shape index (κ3) is 3.83. The highest BCUT2D eigenvalue weighted by Gasteiger charge is 2.32. The van der Waals surface area contributed by atoms with Gasteiger partial charge in [0.05, 0.1) is 20.3 Å². The quantitative estimate of drug-likeness (QED) is 0.809. The van der Waals surface area contributed by atoms with Crippen LogP contribution in [0.25, 0.3) is 0 Å². The van der Waals surface area contributed by atoms with E-state index >= 15 is 0 Å². The van der Waals surface area contributed by atoms with E-state index in [4.69, 9.17) is 9.47 Å². The fraction of sp³-hybridized carbons (Fsp3) is 0.263. The zero-order valence-electron chi connectivity index (χ0n) is 14.5. The molecule has 1 N–H and O–H groups in total. The van der Waals surface area contributed by atoms with E-state index in [1.54, 1.807) is 55.5 Å². The van der Waals surface area contributed by atoms with E-state index in [2.05, 4.69) is 21.2 Å². The van der Waals surface area contributed by atoms with Gasteiger partial charge in [-0.05, 0) is 30.3 Å². The standard InChI is InChI=1S/C19H19BrN2O4/c1-25-16-7-6-15(10-17(16)26-2)22-11-14(9-18(22)23)21-19(24)12-4-3-5-13(20)8-12/h3-8,10,14H,9,11H2,1-2H3,(H,21,24). The Morgan fingerprint density at radius 1 is 1.15 bits per heavy atom. The molecule has 2 amide bonds. The van der Waals surface area contributed by atoms with E-state index in [9.17, 15) is 9.59 Å². The first kappa shape index (κ1) is 18.3. The molecule has 136 valence electrons. The average molecular weight is 419 g/mol. The van der Waals surface area contributed by atoms with Crippen molar-refractivity contribution < 1.29 is 19.1 Å². The molecule has 0 aliphatic carbocycles. The molecule has 1 aliphatic rings. The molecule has 1 unspecified atom stereocenters. The Labute approximate surface area is 160 Å². The van der Waals surface area contributed by atoms with Crippen molar-refractivity contribution in [3.63, 3.8) is 0 Å². The number of halogens is 1. The zero-order valence-corrected chi connectivity index (χ0v) is 16.1. The maximum absolute atomic E-state index is 12.4. The molecule has 0 radical (unpaired) electrons. The molecule has 1 aliphatic heterocycles. The van der Waals surface area contributed by atoms with Gasteiger partial charge < -0.3 is 19.7 Å². The molecule has 0 spiro atoms. The van der Waals surface area contributed by atoms with Gasteiger partial charge in [-0.15, -0.1) is 0 Å². The van der Waals surface area contributed by atoms with Crippen LogP contribution in [0.5, 0.6) is 11.5 Å². The first-order valence-electron chi connectivity index (χ1n) is 8.10. The van der Waals surface area contributed by atoms with E-state index in [0.717, 1.165) is 4.47 Å². The normalized spacial score (nSPS) is 16.5. The Kier molecular flexibility index (Phi) is 5.46. The Morgan fingerprint density at radius 3 is 2.62 bits per heavy atom. The molecule has 0 bridgehead atoms. The molecule has 1 saturated heterocycles. The van der Waals surface area contributed by atoms with E-state index in [1.165, 1.54) is 0 Å². The van der Waals surface area contributed by atoms with Crippen LogP contribution in [0.3, 0.4) is 0 Å². The smallest absolute Gasteiger partial charge is 0.251 e. The summed E-state index contributed by atoms with van der Waals surface area (Å²) in [6.07, 6.45) is 0.258. The molecular formula is C19H19BrN2O4. The lowest BCUT2D eigenvalue weighted by atomic mass is 10.2. The van der Waals surface area contributed by atoms with Crippen LogP contribution in [0.15, 0.2) is 46.9 Å². The van der Waals surface area contributed by atoms with Crippen molar-refractivity contribution in [1.82, 2.24) is 5.32 Å². The molecule has 2 aromatic carbocycles. The van der Waals surface area contributed by atoms with Crippen LogP contribution in [0.2, 0.25) is 0 Å². The number of carbonyl (C=O) groups excluding carboxylic acids is 2. The summed E-state index contributed by atoms with van der Waals surface area (Å²) in [5.41, 5.74) is 1.27. The minimum absolute atomic E-state index is 0.0447. The van der Waals surface area contributed by atoms with Crippen molar-refractivity contribution in [2.45, 2.75) is 12.5 Å². The third-order valence-electron chi connectivity index (χ3n) is 4.23. The number of carbonyl (C=O) groups is 2. The van der Waals surface area contributed by atoms with Gasteiger partial charge in [0.1, 0.15) is 0 Å². The summed E-state index contributed by atoms with van der Waals surface area (Å²) in [5.74, 6) is 0.914. The highest BCUT2D eigenvalue weighted by atomic mass is 79.9. The van der Waals surface area contributed by atoms with Gasteiger partial charge in [-0.25, -0.2) is 0 Å². The van der Waals surface area contributed by atoms with Gasteiger partial charge in [-0.3, -0.25) is 9.59 Å². The number of hydrogen-bond donors (Lipinski definition) is 1. The minimum Gasteiger partial charge on any atom is -0.493 e. The number of methoxy groups -OCH3 is 2. The summed E-state index contributed by atoms with van der Waals surface area (Å²) >= 11 is 3.35. The molecule has 0 saturated carbocycles. The zero-order chi connectivity index (χ0) is 18.7. The molecule has 2 aromatic rings. The van der Waals surface area contributed by atoms with Crippen molar-refractivity contribution in [3.05, 3.63) is 52.5 Å². The maximum atomic E-state index is 12.4. The Morgan fingerprint density at radius 2 is 1.92 bits per heavy atom. The highest BCUT2D eigenvalue weighted by Crippen LogP contribution is 2.33. The molecule has 1 atom stereocenters. The number of rotatable bonds is 5. The van der Waals surface area contributed by atoms with Gasteiger partial charge in [0.15, 0.2) is 11.5 Å². The molecule has 0 aromatic heterocycles. The van der Waals surface area contributed by atoms with E-state index in [0.29, 0.717) is 29.3 Å². The van der Waals surface area contributed by atoms with Crippen LogP contribution in [-0.4, -0.2) is 38.6 Å². The van der Waals surface area contributed by atoms with Crippen LogP contribution in [0.4, 0.5) is 5.69 Å². The Bertz CT molecular complexity index is 840. The van der Waals surface area contributed by atoms with Gasteiger partial charge in [-0.2, -0.15) is 0 Å². The van der Waals surface area contributed by atoms with Crippen molar-refractivity contribution in [1.29, 1.82) is 0 Å². The number of hydrogen-bond acceptors (Lipinski definition) is 4. The van der Waals surface area contributed by atoms with E-state index in [1.807, 2.05) is 6.07 Å². The van der Waals surface area contributed by atoms with Crippen LogP contribution in [-0.2, 0) is 4.79 Å². The van der Waals surface area contributed by atoms with Crippen molar-refractivity contribution in [2.24, 2.45) is 0 Å². The van der Waals surface area contributed by atoms with Crippen LogP contribution >= 0.6 is 15.9 Å². The summed E-state index contributed by atoms with van der Waals surface area (Å²) in [4.78, 5) is 26.4. The van der Waals surface area contributed by atoms with E-state index in [-0.39, 0.29) is 24.3 Å². The van der Waals surface area contributed by atoms with Crippen LogP contribution in [0, 0.1) is 0 Å². The summed E-state index contributed by atoms with van der Waals surface area (Å²) in [6.45, 7) is 0.411. The SMILES string of the molecule is COc1ccc(N2CC(NC(=O)c3cccc(Br)c3)CC2=O)cc1OC.